The van der Waals surface area contributed by atoms with Crippen LogP contribution in [0.5, 0.6) is 0 Å². The monoisotopic (exact) mass is 615 g/mol. The molecule has 0 saturated carbocycles. The number of hydrogen-bond acceptors (Lipinski definition) is 5. The first kappa shape index (κ1) is 44.5. The molecule has 0 atom stereocenters. The van der Waals surface area contributed by atoms with E-state index < -0.39 is 0 Å². The Morgan fingerprint density at radius 1 is 0.395 bits per heavy atom. The van der Waals surface area contributed by atoms with Gasteiger partial charge in [-0.1, -0.05) is 187 Å². The minimum Gasteiger partial charge on any atom is -0.463 e. The maximum absolute atomic E-state index is 11.5. The molecule has 0 saturated heterocycles. The van der Waals surface area contributed by atoms with E-state index in [0.717, 1.165) is 19.3 Å². The lowest BCUT2D eigenvalue weighted by Crippen LogP contribution is -2.11. The van der Waals surface area contributed by atoms with Crippen molar-refractivity contribution in [3.63, 3.8) is 0 Å². The Morgan fingerprint density at radius 3 is 1.05 bits per heavy atom. The molecule has 43 heavy (non-hydrogen) atoms. The summed E-state index contributed by atoms with van der Waals surface area (Å²) in [6.45, 7) is 5.89. The number of carbonyl (C=O) groups excluding carboxylic acids is 1. The Balaban J connectivity index is 0. The van der Waals surface area contributed by atoms with E-state index in [0.29, 0.717) is 26.2 Å². The zero-order chi connectivity index (χ0) is 31.7. The number of esters is 1. The molecular formula is C38H78O5. The van der Waals surface area contributed by atoms with Crippen LogP contribution in [-0.4, -0.2) is 49.2 Å². The summed E-state index contributed by atoms with van der Waals surface area (Å²) >= 11 is 0. The third-order valence-corrected chi connectivity index (χ3v) is 8.22. The zero-order valence-corrected chi connectivity index (χ0v) is 29.4. The van der Waals surface area contributed by atoms with Crippen LogP contribution in [0.2, 0.25) is 0 Å². The second-order valence-electron chi connectivity index (χ2n) is 12.6. The van der Waals surface area contributed by atoms with Gasteiger partial charge in [0.25, 0.3) is 0 Å². The van der Waals surface area contributed by atoms with Crippen molar-refractivity contribution in [2.24, 2.45) is 0 Å². The van der Waals surface area contributed by atoms with Crippen molar-refractivity contribution < 1.29 is 24.5 Å². The van der Waals surface area contributed by atoms with E-state index in [2.05, 4.69) is 13.8 Å². The SMILES string of the molecule is CCCCCCCCCCCCCCCCCC(=O)OCCOCCO.CCCCCCCCCCCCCCCCO. The summed E-state index contributed by atoms with van der Waals surface area (Å²) in [7, 11) is 0. The Hall–Kier alpha value is -0.650. The largest absolute Gasteiger partial charge is 0.463 e. The first-order valence-corrected chi connectivity index (χ1v) is 19.2. The van der Waals surface area contributed by atoms with Gasteiger partial charge in [-0.05, 0) is 12.8 Å². The average molecular weight is 615 g/mol. The molecule has 0 fully saturated rings. The van der Waals surface area contributed by atoms with Gasteiger partial charge in [-0.25, -0.2) is 0 Å². The molecule has 0 radical (unpaired) electrons. The lowest BCUT2D eigenvalue weighted by Gasteiger charge is -2.05. The Kier molecular flexibility index (Phi) is 45.0. The van der Waals surface area contributed by atoms with E-state index in [9.17, 15) is 4.79 Å². The van der Waals surface area contributed by atoms with E-state index in [-0.39, 0.29) is 19.2 Å². The fraction of sp³-hybridized carbons (Fsp3) is 0.974. The second-order valence-corrected chi connectivity index (χ2v) is 12.6. The highest BCUT2D eigenvalue weighted by Crippen LogP contribution is 2.14. The molecule has 5 nitrogen and oxygen atoms in total. The van der Waals surface area contributed by atoms with Crippen LogP contribution in [0.3, 0.4) is 0 Å². The molecule has 0 aliphatic rings. The van der Waals surface area contributed by atoms with Crippen LogP contribution in [0.4, 0.5) is 0 Å². The molecule has 0 aromatic carbocycles. The number of carbonyl (C=O) groups is 1. The van der Waals surface area contributed by atoms with E-state index in [1.165, 1.54) is 167 Å². The quantitative estimate of drug-likeness (QED) is 0.0548. The molecule has 0 amide bonds. The standard InChI is InChI=1S/C22H44O4.C16H34O/c1-2-3-4-5-6-7-8-9-10-11-12-13-14-15-16-17-22(24)26-21-20-25-19-18-23;1-2-3-4-5-6-7-8-9-10-11-12-13-14-15-16-17/h23H,2-21H2,1H3;17H,2-16H2,1H3. The topological polar surface area (TPSA) is 76.0 Å². The fourth-order valence-corrected chi connectivity index (χ4v) is 5.40. The van der Waals surface area contributed by atoms with Gasteiger partial charge < -0.3 is 19.7 Å². The Morgan fingerprint density at radius 2 is 0.721 bits per heavy atom. The summed E-state index contributed by atoms with van der Waals surface area (Å²) in [6, 6.07) is 0. The minimum atomic E-state index is -0.132. The van der Waals surface area contributed by atoms with Crippen LogP contribution >= 0.6 is 0 Å². The highest BCUT2D eigenvalue weighted by molar-refractivity contribution is 5.69. The van der Waals surface area contributed by atoms with Crippen LogP contribution in [0.1, 0.15) is 206 Å². The van der Waals surface area contributed by atoms with Gasteiger partial charge in [-0.3, -0.25) is 4.79 Å². The third-order valence-electron chi connectivity index (χ3n) is 8.22. The predicted molar refractivity (Wildman–Crippen MR) is 186 cm³/mol. The van der Waals surface area contributed by atoms with Crippen LogP contribution in [-0.2, 0) is 14.3 Å². The van der Waals surface area contributed by atoms with Crippen LogP contribution in [0.25, 0.3) is 0 Å². The highest BCUT2D eigenvalue weighted by Gasteiger charge is 2.02. The summed E-state index contributed by atoms with van der Waals surface area (Å²) in [5.74, 6) is -0.132. The molecule has 0 aromatic rings. The van der Waals surface area contributed by atoms with Gasteiger partial charge in [0.05, 0.1) is 19.8 Å². The predicted octanol–water partition coefficient (Wildman–Crippen LogP) is 11.3. The summed E-state index contributed by atoms with van der Waals surface area (Å²) in [6.07, 6.45) is 39.6. The molecule has 260 valence electrons. The smallest absolute Gasteiger partial charge is 0.305 e. The first-order valence-electron chi connectivity index (χ1n) is 19.2. The van der Waals surface area contributed by atoms with Crippen molar-refractivity contribution in [3.05, 3.63) is 0 Å². The number of aliphatic hydroxyl groups is 2. The van der Waals surface area contributed by atoms with Crippen molar-refractivity contribution in [1.29, 1.82) is 0 Å². The van der Waals surface area contributed by atoms with Crippen LogP contribution in [0, 0.1) is 0 Å². The van der Waals surface area contributed by atoms with Gasteiger partial charge >= 0.3 is 5.97 Å². The maximum Gasteiger partial charge on any atom is 0.305 e. The molecule has 0 spiro atoms. The lowest BCUT2D eigenvalue weighted by atomic mass is 10.0. The van der Waals surface area contributed by atoms with E-state index in [1.807, 2.05) is 0 Å². The molecule has 0 heterocycles. The van der Waals surface area contributed by atoms with E-state index >= 15 is 0 Å². The number of ether oxygens (including phenoxy) is 2. The van der Waals surface area contributed by atoms with Gasteiger partial charge in [-0.15, -0.1) is 0 Å². The van der Waals surface area contributed by atoms with Gasteiger partial charge in [0.1, 0.15) is 6.61 Å². The van der Waals surface area contributed by atoms with Crippen LogP contribution in [0.15, 0.2) is 0 Å². The lowest BCUT2D eigenvalue weighted by molar-refractivity contribution is -0.145. The Bertz CT molecular complexity index is 471. The third kappa shape index (κ3) is 45.9. The molecule has 0 aliphatic carbocycles. The maximum atomic E-state index is 11.5. The van der Waals surface area contributed by atoms with Gasteiger partial charge in [0.2, 0.25) is 0 Å². The highest BCUT2D eigenvalue weighted by atomic mass is 16.6. The van der Waals surface area contributed by atoms with Crippen molar-refractivity contribution in [3.8, 4) is 0 Å². The normalized spacial score (nSPS) is 11.0. The molecule has 0 aromatic heterocycles. The first-order chi connectivity index (χ1) is 21.2. The van der Waals surface area contributed by atoms with Crippen molar-refractivity contribution in [2.75, 3.05) is 33.0 Å². The molecule has 0 bridgehead atoms. The number of rotatable bonds is 35. The molecular weight excluding hydrogens is 536 g/mol. The zero-order valence-electron chi connectivity index (χ0n) is 29.4. The van der Waals surface area contributed by atoms with Crippen molar-refractivity contribution in [1.82, 2.24) is 0 Å². The molecule has 5 heteroatoms. The molecule has 0 rings (SSSR count). The Labute approximate surface area is 269 Å². The summed E-state index contributed by atoms with van der Waals surface area (Å²) in [5.41, 5.74) is 0. The van der Waals surface area contributed by atoms with E-state index in [1.54, 1.807) is 0 Å². The second kappa shape index (κ2) is 43.5. The summed E-state index contributed by atoms with van der Waals surface area (Å²) in [5, 5.41) is 17.2. The molecule has 2 N–H and O–H groups in total. The average Bonchev–Trinajstić information content (AvgIpc) is 3.01. The fourth-order valence-electron chi connectivity index (χ4n) is 5.40. The molecule has 0 unspecified atom stereocenters. The van der Waals surface area contributed by atoms with E-state index in [4.69, 9.17) is 19.7 Å². The van der Waals surface area contributed by atoms with Gasteiger partial charge in [-0.2, -0.15) is 0 Å². The summed E-state index contributed by atoms with van der Waals surface area (Å²) in [4.78, 5) is 11.5. The number of unbranched alkanes of at least 4 members (excludes halogenated alkanes) is 27. The van der Waals surface area contributed by atoms with Gasteiger partial charge in [0.15, 0.2) is 0 Å². The number of aliphatic hydroxyl groups excluding tert-OH is 2. The van der Waals surface area contributed by atoms with Crippen molar-refractivity contribution >= 4 is 5.97 Å². The minimum absolute atomic E-state index is 0.00702. The summed E-state index contributed by atoms with van der Waals surface area (Å²) < 4.78 is 10.1. The number of hydrogen-bond donors (Lipinski definition) is 2. The van der Waals surface area contributed by atoms with Gasteiger partial charge in [0, 0.05) is 13.0 Å². The molecule has 0 aliphatic heterocycles. The van der Waals surface area contributed by atoms with Crippen molar-refractivity contribution in [2.45, 2.75) is 206 Å². The van der Waals surface area contributed by atoms with Crippen LogP contribution < -0.4 is 0 Å².